The number of ether oxygens (including phenoxy) is 4. The fourth-order valence-electron chi connectivity index (χ4n) is 3.38. The first-order valence-corrected chi connectivity index (χ1v) is 8.49. The van der Waals surface area contributed by atoms with Crippen LogP contribution in [0.25, 0.3) is 0 Å². The molecule has 0 saturated carbocycles. The molecule has 12 heteroatoms. The van der Waals surface area contributed by atoms with Crippen molar-refractivity contribution in [1.82, 2.24) is 5.32 Å². The lowest BCUT2D eigenvalue weighted by molar-refractivity contribution is -0.320. The van der Waals surface area contributed by atoms with Crippen LogP contribution < -0.4 is 5.32 Å². The lowest BCUT2D eigenvalue weighted by atomic mass is 9.95. The Kier molecular flexibility index (Phi) is 6.25. The average molecular weight is 394 g/mol. The Balaban J connectivity index is 1.80. The molecule has 27 heavy (non-hydrogen) atoms. The summed E-state index contributed by atoms with van der Waals surface area (Å²) in [5, 5.41) is 42.5. The second-order valence-electron chi connectivity index (χ2n) is 6.60. The van der Waals surface area contributed by atoms with Crippen molar-refractivity contribution in [1.29, 1.82) is 0 Å². The predicted octanol–water partition coefficient (Wildman–Crippen LogP) is -3.20. The van der Waals surface area contributed by atoms with Crippen LogP contribution in [0.4, 0.5) is 4.39 Å². The largest absolute Gasteiger partial charge is 0.452 e. The first-order valence-electron chi connectivity index (χ1n) is 8.49. The number of fused-ring (bicyclic) bond motifs is 1. The van der Waals surface area contributed by atoms with Gasteiger partial charge in [0, 0.05) is 6.92 Å². The van der Waals surface area contributed by atoms with Gasteiger partial charge in [0.05, 0.1) is 6.61 Å². The summed E-state index contributed by atoms with van der Waals surface area (Å²) in [6.07, 6.45) is -9.29. The fourth-order valence-corrected chi connectivity index (χ4v) is 3.38. The first-order chi connectivity index (χ1) is 12.9. The highest BCUT2D eigenvalue weighted by molar-refractivity contribution is 5.73. The minimum absolute atomic E-state index is 0.540. The number of hydrogen-bond donors (Lipinski definition) is 5. The number of carbonyl (C=O) groups is 1. The number of nitrogens with one attached hydrogen (secondary N) is 1. The van der Waals surface area contributed by atoms with E-state index >= 15 is 0 Å². The number of hydrogen-bond acceptors (Lipinski definition) is 10. The quantitative estimate of drug-likeness (QED) is 0.324. The van der Waals surface area contributed by atoms with Crippen LogP contribution in [0.15, 0.2) is 4.99 Å². The number of aliphatic hydroxyl groups is 4. The average Bonchev–Trinajstić information content (AvgIpc) is 3.11. The van der Waals surface area contributed by atoms with Gasteiger partial charge in [0.15, 0.2) is 12.7 Å². The van der Waals surface area contributed by atoms with Crippen molar-refractivity contribution in [2.75, 3.05) is 13.3 Å². The summed E-state index contributed by atoms with van der Waals surface area (Å²) in [5.74, 6) is -0.540. The zero-order valence-corrected chi connectivity index (χ0v) is 14.4. The Morgan fingerprint density at radius 2 is 1.96 bits per heavy atom. The normalized spacial score (nSPS) is 46.6. The summed E-state index contributed by atoms with van der Waals surface area (Å²) < 4.78 is 35.0. The molecule has 0 radical (unpaired) electrons. The van der Waals surface area contributed by atoms with E-state index in [1.54, 1.807) is 0 Å². The van der Waals surface area contributed by atoms with E-state index in [4.69, 9.17) is 18.9 Å². The molecule has 0 spiro atoms. The van der Waals surface area contributed by atoms with Crippen molar-refractivity contribution in [2.45, 2.75) is 68.2 Å². The predicted molar refractivity (Wildman–Crippen MR) is 84.2 cm³/mol. The van der Waals surface area contributed by atoms with Gasteiger partial charge >= 0.3 is 0 Å². The summed E-state index contributed by atoms with van der Waals surface area (Å²) in [5.41, 5.74) is 0. The van der Waals surface area contributed by atoms with E-state index in [1.165, 1.54) is 6.92 Å². The molecule has 0 bridgehead atoms. The Hall–Kier alpha value is -1.41. The number of halogens is 1. The molecule has 0 aromatic rings. The van der Waals surface area contributed by atoms with Gasteiger partial charge in [-0.25, -0.2) is 9.38 Å². The third kappa shape index (κ3) is 3.92. The molecule has 3 rings (SSSR count). The highest BCUT2D eigenvalue weighted by Gasteiger charge is 2.52. The Morgan fingerprint density at radius 3 is 2.59 bits per heavy atom. The molecule has 3 aliphatic heterocycles. The Morgan fingerprint density at radius 1 is 1.22 bits per heavy atom. The van der Waals surface area contributed by atoms with E-state index in [0.29, 0.717) is 0 Å². The van der Waals surface area contributed by atoms with Crippen molar-refractivity contribution in [2.24, 2.45) is 4.99 Å². The molecule has 11 nitrogen and oxygen atoms in total. The number of nitrogens with zero attached hydrogens (tertiary/aromatic N) is 1. The molecule has 1 amide bonds. The van der Waals surface area contributed by atoms with Crippen molar-refractivity contribution in [3.63, 3.8) is 0 Å². The van der Waals surface area contributed by atoms with E-state index in [1.807, 2.05) is 0 Å². The Bertz CT molecular complexity index is 567. The van der Waals surface area contributed by atoms with Crippen molar-refractivity contribution in [3.8, 4) is 0 Å². The SMILES string of the molecule is CC(=O)N[C@H]1[C@H](O[C@H]2[C@H](O)[C@H]3N=CO[C@H]3O[C@@H]2CF)O[C@H](CO)[C@@H](O)[C@@H]1O. The highest BCUT2D eigenvalue weighted by atomic mass is 19.1. The third-order valence-electron chi connectivity index (χ3n) is 4.76. The summed E-state index contributed by atoms with van der Waals surface area (Å²) in [6, 6.07) is -2.07. The molecule has 0 unspecified atom stereocenters. The van der Waals surface area contributed by atoms with Crippen molar-refractivity contribution < 1.29 is 48.6 Å². The monoisotopic (exact) mass is 394 g/mol. The number of rotatable bonds is 5. The maximum atomic E-state index is 13.5. The van der Waals surface area contributed by atoms with Gasteiger partial charge < -0.3 is 44.7 Å². The van der Waals surface area contributed by atoms with Crippen LogP contribution in [-0.2, 0) is 23.7 Å². The van der Waals surface area contributed by atoms with Crippen molar-refractivity contribution >= 4 is 12.3 Å². The van der Waals surface area contributed by atoms with E-state index < -0.39 is 80.5 Å². The maximum absolute atomic E-state index is 13.5. The van der Waals surface area contributed by atoms with E-state index in [-0.39, 0.29) is 0 Å². The molecule has 0 aromatic heterocycles. The second kappa shape index (κ2) is 8.31. The smallest absolute Gasteiger partial charge is 0.226 e. The molecule has 10 atom stereocenters. The van der Waals surface area contributed by atoms with E-state index in [2.05, 4.69) is 10.3 Å². The molecule has 2 saturated heterocycles. The number of alkyl halides is 1. The number of carbonyl (C=O) groups excluding carboxylic acids is 1. The summed E-state index contributed by atoms with van der Waals surface area (Å²) in [7, 11) is 0. The molecule has 5 N–H and O–H groups in total. The van der Waals surface area contributed by atoms with Gasteiger partial charge in [-0.05, 0) is 0 Å². The summed E-state index contributed by atoms with van der Waals surface area (Å²) in [6.45, 7) is -0.461. The minimum Gasteiger partial charge on any atom is -0.452 e. The number of aliphatic hydroxyl groups excluding tert-OH is 4. The van der Waals surface area contributed by atoms with Gasteiger partial charge in [0.25, 0.3) is 0 Å². The van der Waals surface area contributed by atoms with E-state index in [9.17, 15) is 29.6 Å². The Labute approximate surface area is 153 Å². The van der Waals surface area contributed by atoms with Gasteiger partial charge in [0.2, 0.25) is 12.2 Å². The van der Waals surface area contributed by atoms with Gasteiger partial charge in [0.1, 0.15) is 55.4 Å². The summed E-state index contributed by atoms with van der Waals surface area (Å²) in [4.78, 5) is 15.4. The van der Waals surface area contributed by atoms with Gasteiger partial charge in [-0.2, -0.15) is 0 Å². The number of aliphatic imine (C=N–C) groups is 1. The minimum atomic E-state index is -1.53. The van der Waals surface area contributed by atoms with Gasteiger partial charge in [-0.3, -0.25) is 4.79 Å². The van der Waals surface area contributed by atoms with Crippen LogP contribution in [0.2, 0.25) is 0 Å². The molecule has 0 aromatic carbocycles. The van der Waals surface area contributed by atoms with Crippen molar-refractivity contribution in [3.05, 3.63) is 0 Å². The number of amides is 1. The van der Waals surface area contributed by atoms with Crippen LogP contribution in [0.1, 0.15) is 6.92 Å². The topological polar surface area (TPSA) is 159 Å². The van der Waals surface area contributed by atoms with Crippen LogP contribution >= 0.6 is 0 Å². The van der Waals surface area contributed by atoms with Crippen LogP contribution in [0.3, 0.4) is 0 Å². The first kappa shape index (κ1) is 20.3. The summed E-state index contributed by atoms with van der Waals surface area (Å²) >= 11 is 0. The molecular weight excluding hydrogens is 371 g/mol. The molecule has 2 fully saturated rings. The lowest BCUT2D eigenvalue weighted by Gasteiger charge is -2.46. The van der Waals surface area contributed by atoms with Crippen LogP contribution in [0, 0.1) is 0 Å². The fraction of sp³-hybridized carbons (Fsp3) is 0.867. The second-order valence-corrected chi connectivity index (χ2v) is 6.60. The molecular formula is C15H23FN2O9. The molecule has 0 aliphatic carbocycles. The lowest BCUT2D eigenvalue weighted by Crippen LogP contribution is -2.67. The zero-order valence-electron chi connectivity index (χ0n) is 14.4. The van der Waals surface area contributed by atoms with Gasteiger partial charge in [-0.1, -0.05) is 0 Å². The van der Waals surface area contributed by atoms with Crippen LogP contribution in [0.5, 0.6) is 0 Å². The van der Waals surface area contributed by atoms with E-state index in [0.717, 1.165) is 6.40 Å². The molecule has 3 aliphatic rings. The standard InChI is InChI=1S/C15H23FN2O9/c1-5(20)18-9-11(22)10(21)7(3-19)26-15(9)27-13-6(2-16)25-14-8(12(13)23)17-4-24-14/h4,6-15,19,21-23H,2-3H2,1H3,(H,18,20)/t6-,7-,8-,9-,10-,11-,12-,13-,14+,15+/m1/s1. The highest BCUT2D eigenvalue weighted by Crippen LogP contribution is 2.32. The zero-order chi connectivity index (χ0) is 19.7. The molecule has 154 valence electrons. The molecule has 3 heterocycles. The van der Waals surface area contributed by atoms with Gasteiger partial charge in [-0.15, -0.1) is 0 Å². The third-order valence-corrected chi connectivity index (χ3v) is 4.76. The van der Waals surface area contributed by atoms with Crippen LogP contribution in [-0.4, -0.2) is 107 Å². The maximum Gasteiger partial charge on any atom is 0.226 e.